The first-order chi connectivity index (χ1) is 9.69. The molecule has 0 atom stereocenters. The molecule has 20 heavy (non-hydrogen) atoms. The van der Waals surface area contributed by atoms with Crippen LogP contribution in [0.2, 0.25) is 0 Å². The SMILES string of the molecule is CNCCNc1cc(Nc2ccc(Br)cc2C)ncn1. The summed E-state index contributed by atoms with van der Waals surface area (Å²) < 4.78 is 1.07. The van der Waals surface area contributed by atoms with Crippen molar-refractivity contribution in [2.24, 2.45) is 0 Å². The van der Waals surface area contributed by atoms with Crippen molar-refractivity contribution < 1.29 is 0 Å². The minimum atomic E-state index is 0.775. The number of anilines is 3. The maximum Gasteiger partial charge on any atom is 0.135 e. The Balaban J connectivity index is 2.07. The van der Waals surface area contributed by atoms with Gasteiger partial charge in [-0.15, -0.1) is 0 Å². The number of halogens is 1. The second-order valence-corrected chi connectivity index (χ2v) is 5.32. The van der Waals surface area contributed by atoms with Crippen molar-refractivity contribution in [3.05, 3.63) is 40.6 Å². The summed E-state index contributed by atoms with van der Waals surface area (Å²) >= 11 is 3.46. The Morgan fingerprint density at radius 1 is 1.10 bits per heavy atom. The Morgan fingerprint density at radius 2 is 1.90 bits per heavy atom. The molecule has 0 saturated carbocycles. The zero-order valence-electron chi connectivity index (χ0n) is 11.6. The molecule has 0 aliphatic rings. The van der Waals surface area contributed by atoms with Gasteiger partial charge in [0.15, 0.2) is 0 Å². The fourth-order valence-electron chi connectivity index (χ4n) is 1.74. The van der Waals surface area contributed by atoms with E-state index in [0.29, 0.717) is 0 Å². The van der Waals surface area contributed by atoms with Gasteiger partial charge in [-0.1, -0.05) is 15.9 Å². The van der Waals surface area contributed by atoms with Gasteiger partial charge in [0, 0.05) is 29.3 Å². The standard InChI is InChI=1S/C14H18BrN5/c1-10-7-11(15)3-4-12(10)20-14-8-13(18-9-19-14)17-6-5-16-2/h3-4,7-9,16H,5-6H2,1-2H3,(H2,17,18,19,20). The van der Waals surface area contributed by atoms with E-state index in [-0.39, 0.29) is 0 Å². The van der Waals surface area contributed by atoms with Gasteiger partial charge in [0.05, 0.1) is 0 Å². The van der Waals surface area contributed by atoms with Gasteiger partial charge < -0.3 is 16.0 Å². The topological polar surface area (TPSA) is 61.9 Å². The Labute approximate surface area is 127 Å². The average Bonchev–Trinajstić information content (AvgIpc) is 2.43. The number of hydrogen-bond donors (Lipinski definition) is 3. The molecule has 0 amide bonds. The van der Waals surface area contributed by atoms with Gasteiger partial charge in [0.2, 0.25) is 0 Å². The quantitative estimate of drug-likeness (QED) is 0.708. The molecule has 2 aromatic rings. The summed E-state index contributed by atoms with van der Waals surface area (Å²) in [5, 5.41) is 9.62. The van der Waals surface area contributed by atoms with Crippen LogP contribution >= 0.6 is 15.9 Å². The van der Waals surface area contributed by atoms with Crippen LogP contribution in [0.1, 0.15) is 5.56 Å². The van der Waals surface area contributed by atoms with Crippen molar-refractivity contribution in [3.63, 3.8) is 0 Å². The van der Waals surface area contributed by atoms with Crippen molar-refractivity contribution in [1.29, 1.82) is 0 Å². The highest BCUT2D eigenvalue weighted by atomic mass is 79.9. The Morgan fingerprint density at radius 3 is 2.65 bits per heavy atom. The lowest BCUT2D eigenvalue weighted by Crippen LogP contribution is -2.18. The van der Waals surface area contributed by atoms with Crippen LogP contribution in [0.25, 0.3) is 0 Å². The summed E-state index contributed by atoms with van der Waals surface area (Å²) in [5.74, 6) is 1.59. The van der Waals surface area contributed by atoms with Crippen LogP contribution in [-0.4, -0.2) is 30.1 Å². The summed E-state index contributed by atoms with van der Waals surface area (Å²) in [7, 11) is 1.92. The summed E-state index contributed by atoms with van der Waals surface area (Å²) in [4.78, 5) is 8.43. The van der Waals surface area contributed by atoms with E-state index in [0.717, 1.165) is 40.4 Å². The van der Waals surface area contributed by atoms with Gasteiger partial charge in [-0.3, -0.25) is 0 Å². The third kappa shape index (κ3) is 4.18. The van der Waals surface area contributed by atoms with E-state index in [9.17, 15) is 0 Å². The number of nitrogens with zero attached hydrogens (tertiary/aromatic N) is 2. The first kappa shape index (κ1) is 14.7. The van der Waals surface area contributed by atoms with Gasteiger partial charge in [0.1, 0.15) is 18.0 Å². The Kier molecular flexibility index (Phi) is 5.31. The van der Waals surface area contributed by atoms with Crippen LogP contribution in [-0.2, 0) is 0 Å². The van der Waals surface area contributed by atoms with E-state index < -0.39 is 0 Å². The minimum absolute atomic E-state index is 0.775. The fourth-order valence-corrected chi connectivity index (χ4v) is 2.22. The molecule has 0 aliphatic carbocycles. The second kappa shape index (κ2) is 7.21. The van der Waals surface area contributed by atoms with Crippen molar-refractivity contribution in [2.75, 3.05) is 30.8 Å². The van der Waals surface area contributed by atoms with Crippen molar-refractivity contribution in [2.45, 2.75) is 6.92 Å². The van der Waals surface area contributed by atoms with E-state index in [1.165, 1.54) is 0 Å². The zero-order chi connectivity index (χ0) is 14.4. The van der Waals surface area contributed by atoms with Gasteiger partial charge in [-0.2, -0.15) is 0 Å². The molecule has 0 spiro atoms. The van der Waals surface area contributed by atoms with Crippen LogP contribution in [0.5, 0.6) is 0 Å². The lowest BCUT2D eigenvalue weighted by Gasteiger charge is -2.10. The molecule has 0 unspecified atom stereocenters. The van der Waals surface area contributed by atoms with E-state index in [2.05, 4.69) is 54.8 Å². The van der Waals surface area contributed by atoms with Crippen LogP contribution in [0.4, 0.5) is 17.3 Å². The highest BCUT2D eigenvalue weighted by Crippen LogP contribution is 2.23. The van der Waals surface area contributed by atoms with Crippen LogP contribution < -0.4 is 16.0 Å². The molecule has 0 fully saturated rings. The number of benzene rings is 1. The molecule has 3 N–H and O–H groups in total. The molecular weight excluding hydrogens is 318 g/mol. The van der Waals surface area contributed by atoms with Crippen molar-refractivity contribution in [3.8, 4) is 0 Å². The predicted molar refractivity (Wildman–Crippen MR) is 86.6 cm³/mol. The molecular formula is C14H18BrN5. The number of aromatic nitrogens is 2. The number of likely N-dealkylation sites (N-methyl/N-ethyl adjacent to an activating group) is 1. The predicted octanol–water partition coefficient (Wildman–Crippen LogP) is 2.92. The Bertz CT molecular complexity index is 573. The molecule has 5 nitrogen and oxygen atoms in total. The summed E-state index contributed by atoms with van der Waals surface area (Å²) in [6, 6.07) is 7.99. The Hall–Kier alpha value is -1.66. The van der Waals surface area contributed by atoms with E-state index in [4.69, 9.17) is 0 Å². The van der Waals surface area contributed by atoms with Crippen LogP contribution in [0.15, 0.2) is 35.1 Å². The molecule has 6 heteroatoms. The third-order valence-electron chi connectivity index (χ3n) is 2.80. The van der Waals surface area contributed by atoms with E-state index in [1.807, 2.05) is 25.2 Å². The largest absolute Gasteiger partial charge is 0.369 e. The first-order valence-corrected chi connectivity index (χ1v) is 7.22. The fraction of sp³-hybridized carbons (Fsp3) is 0.286. The molecule has 1 aromatic carbocycles. The number of nitrogens with one attached hydrogen (secondary N) is 3. The van der Waals surface area contributed by atoms with Gasteiger partial charge >= 0.3 is 0 Å². The first-order valence-electron chi connectivity index (χ1n) is 6.43. The average molecular weight is 336 g/mol. The normalized spacial score (nSPS) is 10.3. The molecule has 2 rings (SSSR count). The number of hydrogen-bond acceptors (Lipinski definition) is 5. The molecule has 0 saturated heterocycles. The maximum atomic E-state index is 4.24. The summed E-state index contributed by atoms with van der Waals surface area (Å²) in [6.07, 6.45) is 1.55. The van der Waals surface area contributed by atoms with Gasteiger partial charge in [-0.05, 0) is 37.7 Å². The maximum absolute atomic E-state index is 4.24. The lowest BCUT2D eigenvalue weighted by molar-refractivity contribution is 0.821. The van der Waals surface area contributed by atoms with Gasteiger partial charge in [0.25, 0.3) is 0 Å². The van der Waals surface area contributed by atoms with Gasteiger partial charge in [-0.25, -0.2) is 9.97 Å². The highest BCUT2D eigenvalue weighted by molar-refractivity contribution is 9.10. The minimum Gasteiger partial charge on any atom is -0.369 e. The molecule has 0 bridgehead atoms. The zero-order valence-corrected chi connectivity index (χ0v) is 13.2. The van der Waals surface area contributed by atoms with E-state index >= 15 is 0 Å². The lowest BCUT2D eigenvalue weighted by atomic mass is 10.2. The van der Waals surface area contributed by atoms with Crippen LogP contribution in [0.3, 0.4) is 0 Å². The summed E-state index contributed by atoms with van der Waals surface area (Å²) in [6.45, 7) is 3.77. The molecule has 0 radical (unpaired) electrons. The number of aryl methyl sites for hydroxylation is 1. The second-order valence-electron chi connectivity index (χ2n) is 4.40. The molecule has 106 valence electrons. The monoisotopic (exact) mass is 335 g/mol. The van der Waals surface area contributed by atoms with E-state index in [1.54, 1.807) is 6.33 Å². The molecule has 1 heterocycles. The molecule has 0 aliphatic heterocycles. The smallest absolute Gasteiger partial charge is 0.135 e. The van der Waals surface area contributed by atoms with Crippen LogP contribution in [0, 0.1) is 6.92 Å². The van der Waals surface area contributed by atoms with Crippen molar-refractivity contribution in [1.82, 2.24) is 15.3 Å². The number of rotatable bonds is 6. The summed E-state index contributed by atoms with van der Waals surface area (Å²) in [5.41, 5.74) is 2.19. The highest BCUT2D eigenvalue weighted by Gasteiger charge is 2.02. The molecule has 1 aromatic heterocycles. The third-order valence-corrected chi connectivity index (χ3v) is 3.29. The van der Waals surface area contributed by atoms with Crippen molar-refractivity contribution >= 4 is 33.3 Å².